The Balaban J connectivity index is 1.67. The fourth-order valence-electron chi connectivity index (χ4n) is 8.41. The van der Waals surface area contributed by atoms with Gasteiger partial charge in [0.1, 0.15) is 0 Å². The molecule has 1 N–H and O–H groups in total. The Morgan fingerprint density at radius 1 is 1.12 bits per heavy atom. The van der Waals surface area contributed by atoms with E-state index in [-0.39, 0.29) is 39.7 Å². The lowest BCUT2D eigenvalue weighted by Gasteiger charge is -2.68. The van der Waals surface area contributed by atoms with Gasteiger partial charge in [-0.3, -0.25) is 9.59 Å². The summed E-state index contributed by atoms with van der Waals surface area (Å²) in [6.45, 7) is 13.2. The number of allylic oxidation sites excluding steroid dienone is 8. The summed E-state index contributed by atoms with van der Waals surface area (Å²) in [6, 6.07) is 0. The van der Waals surface area contributed by atoms with E-state index in [1.54, 1.807) is 6.08 Å². The zero-order valence-corrected chi connectivity index (χ0v) is 20.6. The van der Waals surface area contributed by atoms with E-state index in [9.17, 15) is 14.7 Å². The van der Waals surface area contributed by atoms with Crippen LogP contribution in [0.15, 0.2) is 58.4 Å². The highest BCUT2D eigenvalue weighted by Gasteiger charge is 2.68. The minimum absolute atomic E-state index is 0.0479. The maximum absolute atomic E-state index is 13.2. The third-order valence-corrected chi connectivity index (χ3v) is 10.7. The monoisotopic (exact) mass is 448 g/mol. The summed E-state index contributed by atoms with van der Waals surface area (Å²) in [4.78, 5) is 25.8. The van der Waals surface area contributed by atoms with Crippen molar-refractivity contribution in [2.24, 2.45) is 27.6 Å². The van der Waals surface area contributed by atoms with E-state index < -0.39 is 5.41 Å². The van der Waals surface area contributed by atoms with Gasteiger partial charge in [-0.2, -0.15) is 0 Å². The van der Waals surface area contributed by atoms with Gasteiger partial charge in [0.25, 0.3) is 0 Å². The largest absolute Gasteiger partial charge is 0.504 e. The number of methoxy groups -OCH3 is 1. The standard InChI is InChI=1S/C29H36O4/c1-17-9-10-29(25(32)33-6)14-13-27(4)22-8-7-19-18(2)24(31)21(30)16-20(19)26(22,3)11-12-28(27,5)23(29)15-17/h7-8,16,23,31H,1,9-15H2,2-6H3. The highest BCUT2D eigenvalue weighted by molar-refractivity contribution is 6.06. The molecule has 0 bridgehead atoms. The Morgan fingerprint density at radius 3 is 2.55 bits per heavy atom. The van der Waals surface area contributed by atoms with Gasteiger partial charge < -0.3 is 9.84 Å². The van der Waals surface area contributed by atoms with Gasteiger partial charge in [-0.15, -0.1) is 0 Å². The zero-order chi connectivity index (χ0) is 24.0. The molecule has 0 amide bonds. The smallest absolute Gasteiger partial charge is 0.312 e. The number of aliphatic hydroxyl groups excluding tert-OH is 1. The lowest BCUT2D eigenvalue weighted by atomic mass is 9.35. The number of carbonyl (C=O) groups excluding carboxylic acids is 2. The Bertz CT molecular complexity index is 1120. The minimum atomic E-state index is -0.431. The van der Waals surface area contributed by atoms with Crippen LogP contribution >= 0.6 is 0 Å². The summed E-state index contributed by atoms with van der Waals surface area (Å²) in [5.74, 6) is -0.287. The van der Waals surface area contributed by atoms with Crippen molar-refractivity contribution >= 4 is 11.8 Å². The normalized spacial score (nSPS) is 42.2. The molecular formula is C29H36O4. The first-order chi connectivity index (χ1) is 15.4. The van der Waals surface area contributed by atoms with E-state index in [1.165, 1.54) is 18.3 Å². The van der Waals surface area contributed by atoms with E-state index in [2.05, 4.69) is 39.5 Å². The van der Waals surface area contributed by atoms with E-state index >= 15 is 0 Å². The molecule has 0 aromatic rings. The molecule has 5 aliphatic rings. The van der Waals surface area contributed by atoms with Gasteiger partial charge in [0.15, 0.2) is 5.76 Å². The van der Waals surface area contributed by atoms with Crippen molar-refractivity contribution < 1.29 is 19.4 Å². The second-order valence-corrected chi connectivity index (χ2v) is 11.8. The Kier molecular flexibility index (Phi) is 4.65. The van der Waals surface area contributed by atoms with Crippen molar-refractivity contribution in [2.45, 2.75) is 72.6 Å². The van der Waals surface area contributed by atoms with Crippen LogP contribution in [0.4, 0.5) is 0 Å². The van der Waals surface area contributed by atoms with Crippen LogP contribution in [-0.4, -0.2) is 24.0 Å². The SMILES string of the molecule is C=C1CCC2(C(=O)OC)CCC3(C)C4=CC=C5C(=CC(=O)C(O)=C5C)C4(C)CCC3(C)C2C1. The molecule has 4 heteroatoms. The predicted molar refractivity (Wildman–Crippen MR) is 128 cm³/mol. The van der Waals surface area contributed by atoms with Gasteiger partial charge in [-0.25, -0.2) is 0 Å². The highest BCUT2D eigenvalue weighted by Crippen LogP contribution is 2.74. The molecule has 5 aliphatic carbocycles. The van der Waals surface area contributed by atoms with Crippen molar-refractivity contribution in [1.29, 1.82) is 0 Å². The van der Waals surface area contributed by atoms with Gasteiger partial charge in [-0.05, 0) is 85.8 Å². The molecule has 5 unspecified atom stereocenters. The molecule has 176 valence electrons. The van der Waals surface area contributed by atoms with Crippen LogP contribution in [0.25, 0.3) is 0 Å². The molecule has 0 radical (unpaired) electrons. The molecule has 5 rings (SSSR count). The van der Waals surface area contributed by atoms with Crippen molar-refractivity contribution in [1.82, 2.24) is 0 Å². The predicted octanol–water partition coefficient (Wildman–Crippen LogP) is 6.32. The van der Waals surface area contributed by atoms with Crippen molar-refractivity contribution in [3.63, 3.8) is 0 Å². The van der Waals surface area contributed by atoms with Crippen LogP contribution in [0.3, 0.4) is 0 Å². The van der Waals surface area contributed by atoms with Crippen molar-refractivity contribution in [2.75, 3.05) is 7.11 Å². The first-order valence-electron chi connectivity index (χ1n) is 12.3. The van der Waals surface area contributed by atoms with Crippen molar-refractivity contribution in [3.05, 3.63) is 58.4 Å². The zero-order valence-electron chi connectivity index (χ0n) is 20.6. The number of fused-ring (bicyclic) bond motifs is 7. The topological polar surface area (TPSA) is 63.6 Å². The number of aliphatic hydroxyl groups is 1. The summed E-state index contributed by atoms with van der Waals surface area (Å²) >= 11 is 0. The van der Waals surface area contributed by atoms with E-state index in [0.717, 1.165) is 56.1 Å². The number of esters is 1. The van der Waals surface area contributed by atoms with E-state index in [4.69, 9.17) is 4.74 Å². The molecule has 4 nitrogen and oxygen atoms in total. The molecule has 0 saturated heterocycles. The maximum atomic E-state index is 13.2. The molecule has 0 aromatic heterocycles. The first-order valence-corrected chi connectivity index (χ1v) is 12.3. The molecule has 0 aromatic carbocycles. The van der Waals surface area contributed by atoms with Crippen LogP contribution in [0, 0.1) is 27.6 Å². The summed E-state index contributed by atoms with van der Waals surface area (Å²) in [6.07, 6.45) is 12.3. The molecule has 3 saturated carbocycles. The molecular weight excluding hydrogens is 412 g/mol. The first kappa shape index (κ1) is 22.4. The second-order valence-electron chi connectivity index (χ2n) is 11.8. The fourth-order valence-corrected chi connectivity index (χ4v) is 8.41. The van der Waals surface area contributed by atoms with Crippen LogP contribution in [0.1, 0.15) is 72.6 Å². The van der Waals surface area contributed by atoms with Crippen LogP contribution in [0.2, 0.25) is 0 Å². The lowest BCUT2D eigenvalue weighted by molar-refractivity contribution is -0.185. The number of ether oxygens (including phenoxy) is 1. The van der Waals surface area contributed by atoms with E-state index in [1.807, 2.05) is 6.92 Å². The Labute approximate surface area is 197 Å². The van der Waals surface area contributed by atoms with Gasteiger partial charge in [0.2, 0.25) is 5.78 Å². The third-order valence-electron chi connectivity index (χ3n) is 10.7. The Hall–Kier alpha value is -2.36. The summed E-state index contributed by atoms with van der Waals surface area (Å²) in [5, 5.41) is 10.3. The van der Waals surface area contributed by atoms with Gasteiger partial charge in [-0.1, -0.05) is 50.6 Å². The number of hydrogen-bond donors (Lipinski definition) is 1. The molecule has 33 heavy (non-hydrogen) atoms. The molecule has 0 spiro atoms. The van der Waals surface area contributed by atoms with Crippen LogP contribution in [0.5, 0.6) is 0 Å². The van der Waals surface area contributed by atoms with Crippen LogP contribution in [-0.2, 0) is 14.3 Å². The number of rotatable bonds is 1. The average Bonchev–Trinajstić information content (AvgIpc) is 2.79. The number of carbonyl (C=O) groups is 2. The summed E-state index contributed by atoms with van der Waals surface area (Å²) < 4.78 is 5.41. The highest BCUT2D eigenvalue weighted by atomic mass is 16.5. The van der Waals surface area contributed by atoms with Crippen molar-refractivity contribution in [3.8, 4) is 0 Å². The number of hydrogen-bond acceptors (Lipinski definition) is 4. The maximum Gasteiger partial charge on any atom is 0.312 e. The van der Waals surface area contributed by atoms with Crippen LogP contribution < -0.4 is 0 Å². The molecule has 5 atom stereocenters. The summed E-state index contributed by atoms with van der Waals surface area (Å²) in [7, 11) is 1.53. The fraction of sp³-hybridized carbons (Fsp3) is 0.586. The molecule has 0 heterocycles. The minimum Gasteiger partial charge on any atom is -0.504 e. The third kappa shape index (κ3) is 2.58. The lowest BCUT2D eigenvalue weighted by Crippen LogP contribution is -2.63. The van der Waals surface area contributed by atoms with Gasteiger partial charge in [0, 0.05) is 11.0 Å². The average molecular weight is 449 g/mol. The summed E-state index contributed by atoms with van der Waals surface area (Å²) in [5.41, 5.74) is 4.44. The van der Waals surface area contributed by atoms with Gasteiger partial charge in [0.05, 0.1) is 12.5 Å². The molecule has 0 aliphatic heterocycles. The van der Waals surface area contributed by atoms with E-state index in [0.29, 0.717) is 5.57 Å². The molecule has 3 fully saturated rings. The Morgan fingerprint density at radius 2 is 1.85 bits per heavy atom. The number of ketones is 1. The second kappa shape index (κ2) is 6.84. The van der Waals surface area contributed by atoms with Gasteiger partial charge >= 0.3 is 5.97 Å². The quantitative estimate of drug-likeness (QED) is 0.377.